The molecule has 3 fully saturated rings. The number of rotatable bonds is 7. The lowest BCUT2D eigenvalue weighted by Crippen LogP contribution is -2.59. The number of carbonyl (C=O) groups is 3. The Balaban J connectivity index is 1.07. The van der Waals surface area contributed by atoms with Crippen LogP contribution >= 0.6 is 18.9 Å². The standard InChI is InChI=1S/C32H35FN5O6PS/c33-24-15-37(23-2-1-9-34-14-23)16-26(24)36-30(39)27-7-6-22-11-19-4-5-20(19)12-25(32(41)38(22)27)35-31(40)29-13-21-10-18(17-45(42,43)44)3-8-28(21)46-29/h1-5,8-10,13-14,19-20,22,24-27H,6-7,11-12,15-17H2,(H,35,40)(H,36,39)(H2,42,43,44)/t19-,20+,22+,24-,25?,26-,27-/m0/s1. The van der Waals surface area contributed by atoms with Gasteiger partial charge in [0, 0.05) is 23.5 Å². The fourth-order valence-corrected chi connectivity index (χ4v) is 8.94. The van der Waals surface area contributed by atoms with Gasteiger partial charge in [-0.1, -0.05) is 18.2 Å². The molecule has 3 aromatic rings. The second kappa shape index (κ2) is 12.2. The number of halogens is 1. The summed E-state index contributed by atoms with van der Waals surface area (Å²) < 4.78 is 27.3. The van der Waals surface area contributed by atoms with E-state index in [4.69, 9.17) is 0 Å². The van der Waals surface area contributed by atoms with Gasteiger partial charge in [0.2, 0.25) is 11.8 Å². The molecule has 4 aliphatic rings. The number of hydrogen-bond acceptors (Lipinski definition) is 7. The summed E-state index contributed by atoms with van der Waals surface area (Å²) in [5.74, 6) is -0.712. The molecule has 7 rings (SSSR count). The van der Waals surface area contributed by atoms with Crippen molar-refractivity contribution < 1.29 is 33.1 Å². The second-order valence-electron chi connectivity index (χ2n) is 12.8. The number of nitrogens with zero attached hydrogens (tertiary/aromatic N) is 3. The van der Waals surface area contributed by atoms with Crippen molar-refractivity contribution in [2.24, 2.45) is 11.8 Å². The average Bonchev–Trinajstić information content (AvgIpc) is 3.72. The molecule has 242 valence electrons. The van der Waals surface area contributed by atoms with E-state index in [0.717, 1.165) is 16.8 Å². The molecule has 0 spiro atoms. The van der Waals surface area contributed by atoms with Gasteiger partial charge in [-0.25, -0.2) is 4.39 Å². The van der Waals surface area contributed by atoms with Gasteiger partial charge in [-0.2, -0.15) is 0 Å². The minimum Gasteiger partial charge on any atom is -0.365 e. The fraction of sp³-hybridized carbons (Fsp3) is 0.438. The number of hydrogen-bond donors (Lipinski definition) is 4. The van der Waals surface area contributed by atoms with Crippen molar-refractivity contribution in [2.45, 2.75) is 62.2 Å². The molecule has 14 heteroatoms. The molecule has 2 aromatic heterocycles. The minimum absolute atomic E-state index is 0.138. The molecule has 0 saturated carbocycles. The molecular weight excluding hydrogens is 632 g/mol. The first-order valence-electron chi connectivity index (χ1n) is 15.5. The molecule has 5 heterocycles. The van der Waals surface area contributed by atoms with Crippen LogP contribution in [0.25, 0.3) is 10.1 Å². The van der Waals surface area contributed by atoms with Crippen LogP contribution in [0.5, 0.6) is 0 Å². The lowest BCUT2D eigenvalue weighted by molar-refractivity contribution is -0.143. The topological polar surface area (TPSA) is 152 Å². The van der Waals surface area contributed by atoms with E-state index in [0.29, 0.717) is 41.6 Å². The molecule has 4 N–H and O–H groups in total. The molecule has 1 aliphatic carbocycles. The van der Waals surface area contributed by atoms with Crippen molar-refractivity contribution in [3.05, 3.63) is 71.4 Å². The van der Waals surface area contributed by atoms with Crippen LogP contribution in [0.2, 0.25) is 0 Å². The van der Waals surface area contributed by atoms with Crippen LogP contribution in [0.15, 0.2) is 60.9 Å². The lowest BCUT2D eigenvalue weighted by Gasteiger charge is -2.42. The largest absolute Gasteiger partial charge is 0.365 e. The van der Waals surface area contributed by atoms with Crippen LogP contribution < -0.4 is 15.5 Å². The average molecular weight is 668 g/mol. The number of amides is 3. The van der Waals surface area contributed by atoms with Crippen LogP contribution in [0, 0.1) is 11.8 Å². The molecule has 7 atom stereocenters. The molecule has 0 radical (unpaired) electrons. The summed E-state index contributed by atoms with van der Waals surface area (Å²) in [6.07, 6.45) is 8.12. The third kappa shape index (κ3) is 6.21. The van der Waals surface area contributed by atoms with Crippen molar-refractivity contribution in [3.8, 4) is 0 Å². The first-order valence-corrected chi connectivity index (χ1v) is 18.1. The van der Waals surface area contributed by atoms with Gasteiger partial charge < -0.3 is 30.2 Å². The quantitative estimate of drug-likeness (QED) is 0.221. The van der Waals surface area contributed by atoms with Gasteiger partial charge in [0.05, 0.1) is 35.5 Å². The molecule has 0 bridgehead atoms. The number of aromatic nitrogens is 1. The number of carbonyl (C=O) groups excluding carboxylic acids is 3. The number of fused-ring (bicyclic) bond motifs is 3. The van der Waals surface area contributed by atoms with Crippen molar-refractivity contribution in [2.75, 3.05) is 18.0 Å². The van der Waals surface area contributed by atoms with E-state index in [1.165, 1.54) is 11.3 Å². The van der Waals surface area contributed by atoms with E-state index in [9.17, 15) is 28.7 Å². The Morgan fingerprint density at radius 1 is 1.07 bits per heavy atom. The predicted octanol–water partition coefficient (Wildman–Crippen LogP) is 3.37. The zero-order valence-corrected chi connectivity index (χ0v) is 26.6. The molecule has 3 aliphatic heterocycles. The zero-order chi connectivity index (χ0) is 32.2. The highest BCUT2D eigenvalue weighted by molar-refractivity contribution is 7.50. The van der Waals surface area contributed by atoms with E-state index < -0.39 is 44.0 Å². The van der Waals surface area contributed by atoms with Crippen molar-refractivity contribution in [1.82, 2.24) is 20.5 Å². The number of thiophene rings is 1. The molecule has 1 aromatic carbocycles. The SMILES string of the molecule is O=C(NC1C[C@H]2C=C[C@H]2C[C@H]2CC[C@@H](C(=O)N[C@H]3CN(c4cccnc4)C[C@@H]3F)N2C1=O)c1cc2cc(CP(=O)(O)O)ccc2s1. The molecule has 3 saturated heterocycles. The first-order chi connectivity index (χ1) is 22.0. The molecule has 3 amide bonds. The maximum absolute atomic E-state index is 15.1. The molecule has 1 unspecified atom stereocenters. The van der Waals surface area contributed by atoms with E-state index in [-0.39, 0.29) is 36.2 Å². The number of benzene rings is 1. The first kappa shape index (κ1) is 31.0. The van der Waals surface area contributed by atoms with Gasteiger partial charge in [0.15, 0.2) is 0 Å². The van der Waals surface area contributed by atoms with Gasteiger partial charge in [-0.15, -0.1) is 11.3 Å². The monoisotopic (exact) mass is 667 g/mol. The smallest absolute Gasteiger partial charge is 0.329 e. The Bertz CT molecular complexity index is 1750. The lowest BCUT2D eigenvalue weighted by atomic mass is 9.73. The van der Waals surface area contributed by atoms with E-state index in [1.54, 1.807) is 47.6 Å². The third-order valence-electron chi connectivity index (χ3n) is 9.65. The van der Waals surface area contributed by atoms with Gasteiger partial charge in [-0.3, -0.25) is 23.9 Å². The Morgan fingerprint density at radius 2 is 1.87 bits per heavy atom. The number of anilines is 1. The molecular formula is C32H35FN5O6PS. The molecule has 11 nitrogen and oxygen atoms in total. The summed E-state index contributed by atoms with van der Waals surface area (Å²) in [5.41, 5.74) is 1.25. The van der Waals surface area contributed by atoms with Crippen LogP contribution in [0.4, 0.5) is 10.1 Å². The Morgan fingerprint density at radius 3 is 2.61 bits per heavy atom. The minimum atomic E-state index is -4.25. The normalized spacial score (nSPS) is 29.1. The molecule has 46 heavy (non-hydrogen) atoms. The van der Waals surface area contributed by atoms with E-state index >= 15 is 4.39 Å². The highest BCUT2D eigenvalue weighted by Gasteiger charge is 2.48. The summed E-state index contributed by atoms with van der Waals surface area (Å²) in [6, 6.07) is 7.83. The van der Waals surface area contributed by atoms with E-state index in [2.05, 4.69) is 27.8 Å². The highest BCUT2D eigenvalue weighted by atomic mass is 32.1. The van der Waals surface area contributed by atoms with E-state index in [1.807, 2.05) is 11.0 Å². The Kier molecular flexibility index (Phi) is 8.21. The Labute approximate surface area is 269 Å². The number of nitrogens with one attached hydrogen (secondary N) is 2. The van der Waals surface area contributed by atoms with Crippen molar-refractivity contribution >= 4 is 52.4 Å². The number of pyridine rings is 1. The van der Waals surface area contributed by atoms with Crippen LogP contribution in [-0.2, 0) is 20.3 Å². The summed E-state index contributed by atoms with van der Waals surface area (Å²) in [4.78, 5) is 68.0. The second-order valence-corrected chi connectivity index (χ2v) is 15.5. The van der Waals surface area contributed by atoms with Gasteiger partial charge >= 0.3 is 7.60 Å². The predicted molar refractivity (Wildman–Crippen MR) is 171 cm³/mol. The maximum atomic E-state index is 15.1. The van der Waals surface area contributed by atoms with Crippen molar-refractivity contribution in [1.29, 1.82) is 0 Å². The summed E-state index contributed by atoms with van der Waals surface area (Å²) in [6.45, 7) is 0.435. The van der Waals surface area contributed by atoms with Gasteiger partial charge in [0.1, 0.15) is 18.3 Å². The van der Waals surface area contributed by atoms with Crippen LogP contribution in [0.1, 0.15) is 40.9 Å². The summed E-state index contributed by atoms with van der Waals surface area (Å²) >= 11 is 1.24. The fourth-order valence-electron chi connectivity index (χ4n) is 7.33. The third-order valence-corrected chi connectivity index (χ3v) is 11.5. The van der Waals surface area contributed by atoms with Crippen LogP contribution in [0.3, 0.4) is 0 Å². The number of allylic oxidation sites excluding steroid dienone is 2. The Hall–Kier alpha value is -3.64. The highest BCUT2D eigenvalue weighted by Crippen LogP contribution is 2.42. The van der Waals surface area contributed by atoms with Gasteiger partial charge in [0.25, 0.3) is 5.91 Å². The van der Waals surface area contributed by atoms with Crippen molar-refractivity contribution in [3.63, 3.8) is 0 Å². The number of alkyl halides is 1. The maximum Gasteiger partial charge on any atom is 0.329 e. The summed E-state index contributed by atoms with van der Waals surface area (Å²) in [5, 5.41) is 6.52. The summed E-state index contributed by atoms with van der Waals surface area (Å²) in [7, 11) is -4.25. The van der Waals surface area contributed by atoms with Gasteiger partial charge in [-0.05, 0) is 78.8 Å². The van der Waals surface area contributed by atoms with Crippen LogP contribution in [-0.4, -0.2) is 80.8 Å². The zero-order valence-electron chi connectivity index (χ0n) is 24.9.